The molecule has 0 spiro atoms. The number of sulfonamides is 1. The van der Waals surface area contributed by atoms with Crippen LogP contribution in [0.1, 0.15) is 26.3 Å². The summed E-state index contributed by atoms with van der Waals surface area (Å²) in [7, 11) is -3.18. The van der Waals surface area contributed by atoms with E-state index in [1.807, 2.05) is 32.9 Å². The maximum absolute atomic E-state index is 12.1. The van der Waals surface area contributed by atoms with Gasteiger partial charge in [-0.3, -0.25) is 0 Å². The standard InChI is InChI=1S/C13H22N2O2S/c1-4-15(18(16,17)10-11(2)3)9-12-5-7-13(14)8-6-12/h5-8,11H,4,9-10,14H2,1-3H3. The molecule has 0 radical (unpaired) electrons. The first-order chi connectivity index (χ1) is 8.35. The quantitative estimate of drug-likeness (QED) is 0.805. The van der Waals surface area contributed by atoms with Gasteiger partial charge in [0, 0.05) is 18.8 Å². The molecule has 1 aromatic carbocycles. The minimum absolute atomic E-state index is 0.135. The monoisotopic (exact) mass is 270 g/mol. The zero-order chi connectivity index (χ0) is 13.8. The highest BCUT2D eigenvalue weighted by Gasteiger charge is 2.21. The molecule has 18 heavy (non-hydrogen) atoms. The number of benzene rings is 1. The Kier molecular flexibility index (Phi) is 5.16. The number of nitrogens with two attached hydrogens (primary N) is 1. The molecule has 0 bridgehead atoms. The number of hydrogen-bond donors (Lipinski definition) is 1. The molecule has 0 unspecified atom stereocenters. The van der Waals surface area contributed by atoms with Gasteiger partial charge in [0.05, 0.1) is 5.75 Å². The molecule has 1 aromatic rings. The molecule has 2 N–H and O–H groups in total. The minimum Gasteiger partial charge on any atom is -0.399 e. The van der Waals surface area contributed by atoms with Crippen LogP contribution >= 0.6 is 0 Å². The van der Waals surface area contributed by atoms with Crippen LogP contribution in [0.4, 0.5) is 5.69 Å². The average molecular weight is 270 g/mol. The van der Waals surface area contributed by atoms with Crippen molar-refractivity contribution in [2.45, 2.75) is 27.3 Å². The Labute approximate surface area is 110 Å². The fraction of sp³-hybridized carbons (Fsp3) is 0.538. The topological polar surface area (TPSA) is 63.4 Å². The Hall–Kier alpha value is -1.07. The van der Waals surface area contributed by atoms with Crippen LogP contribution in [0.2, 0.25) is 0 Å². The number of rotatable bonds is 6. The van der Waals surface area contributed by atoms with Crippen molar-refractivity contribution < 1.29 is 8.42 Å². The second-order valence-corrected chi connectivity index (χ2v) is 6.85. The summed E-state index contributed by atoms with van der Waals surface area (Å²) in [6, 6.07) is 7.31. The third-order valence-electron chi connectivity index (χ3n) is 2.63. The Morgan fingerprint density at radius 3 is 2.22 bits per heavy atom. The van der Waals surface area contributed by atoms with Gasteiger partial charge in [-0.1, -0.05) is 32.9 Å². The fourth-order valence-electron chi connectivity index (χ4n) is 1.76. The third-order valence-corrected chi connectivity index (χ3v) is 4.89. The van der Waals surface area contributed by atoms with E-state index in [0.29, 0.717) is 18.8 Å². The molecule has 0 aliphatic heterocycles. The van der Waals surface area contributed by atoms with Crippen molar-refractivity contribution in [3.8, 4) is 0 Å². The molecule has 0 saturated carbocycles. The predicted molar refractivity (Wildman–Crippen MR) is 75.6 cm³/mol. The van der Waals surface area contributed by atoms with Crippen molar-refractivity contribution in [2.75, 3.05) is 18.0 Å². The van der Waals surface area contributed by atoms with Crippen LogP contribution in [0.5, 0.6) is 0 Å². The van der Waals surface area contributed by atoms with Crippen molar-refractivity contribution in [1.82, 2.24) is 4.31 Å². The van der Waals surface area contributed by atoms with Crippen molar-refractivity contribution in [2.24, 2.45) is 5.92 Å². The number of nitrogens with zero attached hydrogens (tertiary/aromatic N) is 1. The third kappa shape index (κ3) is 4.31. The zero-order valence-electron chi connectivity index (χ0n) is 11.3. The minimum atomic E-state index is -3.18. The van der Waals surface area contributed by atoms with Crippen molar-refractivity contribution >= 4 is 15.7 Å². The second kappa shape index (κ2) is 6.20. The smallest absolute Gasteiger partial charge is 0.214 e. The lowest BCUT2D eigenvalue weighted by Gasteiger charge is -2.21. The lowest BCUT2D eigenvalue weighted by Crippen LogP contribution is -2.33. The summed E-state index contributed by atoms with van der Waals surface area (Å²) in [5.74, 6) is 0.325. The summed E-state index contributed by atoms with van der Waals surface area (Å²) in [4.78, 5) is 0. The molecule has 102 valence electrons. The predicted octanol–water partition coefficient (Wildman–Crippen LogP) is 2.08. The lowest BCUT2D eigenvalue weighted by atomic mass is 10.2. The van der Waals surface area contributed by atoms with Crippen LogP contribution in [-0.4, -0.2) is 25.0 Å². The van der Waals surface area contributed by atoms with E-state index < -0.39 is 10.0 Å². The van der Waals surface area contributed by atoms with Crippen molar-refractivity contribution in [3.63, 3.8) is 0 Å². The van der Waals surface area contributed by atoms with Crippen LogP contribution in [0, 0.1) is 5.92 Å². The highest BCUT2D eigenvalue weighted by molar-refractivity contribution is 7.89. The lowest BCUT2D eigenvalue weighted by molar-refractivity contribution is 0.419. The fourth-order valence-corrected chi connectivity index (χ4v) is 3.55. The highest BCUT2D eigenvalue weighted by Crippen LogP contribution is 2.13. The van der Waals surface area contributed by atoms with Gasteiger partial charge in [-0.25, -0.2) is 8.42 Å². The second-order valence-electron chi connectivity index (χ2n) is 4.84. The van der Waals surface area contributed by atoms with Gasteiger partial charge in [-0.05, 0) is 23.6 Å². The largest absolute Gasteiger partial charge is 0.399 e. The molecule has 0 saturated heterocycles. The van der Waals surface area contributed by atoms with Crippen molar-refractivity contribution in [1.29, 1.82) is 0 Å². The molecule has 5 heteroatoms. The maximum Gasteiger partial charge on any atom is 0.214 e. The van der Waals surface area contributed by atoms with Gasteiger partial charge in [0.15, 0.2) is 0 Å². The van der Waals surface area contributed by atoms with Gasteiger partial charge in [0.25, 0.3) is 0 Å². The van der Waals surface area contributed by atoms with Crippen LogP contribution < -0.4 is 5.73 Å². The molecule has 0 amide bonds. The Morgan fingerprint density at radius 2 is 1.78 bits per heavy atom. The molecule has 0 aliphatic carbocycles. The van der Waals surface area contributed by atoms with E-state index >= 15 is 0 Å². The first-order valence-electron chi connectivity index (χ1n) is 6.17. The van der Waals surface area contributed by atoms with Crippen LogP contribution in [-0.2, 0) is 16.6 Å². The van der Waals surface area contributed by atoms with Gasteiger partial charge in [-0.2, -0.15) is 4.31 Å². The molecule has 0 heterocycles. The first kappa shape index (κ1) is 15.0. The number of anilines is 1. The Balaban J connectivity index is 2.82. The Bertz CT molecular complexity index is 466. The summed E-state index contributed by atoms with van der Waals surface area (Å²) in [6.07, 6.45) is 0. The summed E-state index contributed by atoms with van der Waals surface area (Å²) >= 11 is 0. The van der Waals surface area contributed by atoms with E-state index in [0.717, 1.165) is 5.56 Å². The van der Waals surface area contributed by atoms with Crippen molar-refractivity contribution in [3.05, 3.63) is 29.8 Å². The summed E-state index contributed by atoms with van der Waals surface area (Å²) in [5.41, 5.74) is 7.25. The molecule has 0 aromatic heterocycles. The van der Waals surface area contributed by atoms with Gasteiger partial charge < -0.3 is 5.73 Å². The van der Waals surface area contributed by atoms with E-state index in [1.165, 1.54) is 4.31 Å². The van der Waals surface area contributed by atoms with Crippen LogP contribution in [0.3, 0.4) is 0 Å². The van der Waals surface area contributed by atoms with Crippen LogP contribution in [0.15, 0.2) is 24.3 Å². The first-order valence-corrected chi connectivity index (χ1v) is 7.78. The van der Waals surface area contributed by atoms with E-state index in [4.69, 9.17) is 5.73 Å². The summed E-state index contributed by atoms with van der Waals surface area (Å²) < 4.78 is 25.8. The van der Waals surface area contributed by atoms with E-state index in [2.05, 4.69) is 0 Å². The number of nitrogen functional groups attached to an aromatic ring is 1. The van der Waals surface area contributed by atoms with E-state index in [9.17, 15) is 8.42 Å². The molecule has 0 fully saturated rings. The molecular weight excluding hydrogens is 248 g/mol. The molecule has 0 atom stereocenters. The molecule has 0 aliphatic rings. The zero-order valence-corrected chi connectivity index (χ0v) is 12.1. The highest BCUT2D eigenvalue weighted by atomic mass is 32.2. The van der Waals surface area contributed by atoms with Gasteiger partial charge >= 0.3 is 0 Å². The summed E-state index contributed by atoms with van der Waals surface area (Å²) in [5, 5.41) is 0. The van der Waals surface area contributed by atoms with E-state index in [-0.39, 0.29) is 11.7 Å². The van der Waals surface area contributed by atoms with Gasteiger partial charge in [-0.15, -0.1) is 0 Å². The average Bonchev–Trinajstić information content (AvgIpc) is 2.26. The normalized spacial score (nSPS) is 12.3. The summed E-state index contributed by atoms with van der Waals surface area (Å²) in [6.45, 7) is 6.57. The van der Waals surface area contributed by atoms with E-state index in [1.54, 1.807) is 12.1 Å². The van der Waals surface area contributed by atoms with Gasteiger partial charge in [0.2, 0.25) is 10.0 Å². The maximum atomic E-state index is 12.1. The molecule has 1 rings (SSSR count). The number of hydrogen-bond acceptors (Lipinski definition) is 3. The Morgan fingerprint density at radius 1 is 1.22 bits per heavy atom. The SMILES string of the molecule is CCN(Cc1ccc(N)cc1)S(=O)(=O)CC(C)C. The van der Waals surface area contributed by atoms with Crippen LogP contribution in [0.25, 0.3) is 0 Å². The molecular formula is C13H22N2O2S. The molecule has 4 nitrogen and oxygen atoms in total. The van der Waals surface area contributed by atoms with Gasteiger partial charge in [0.1, 0.15) is 0 Å².